The number of halogens is 1. The highest BCUT2D eigenvalue weighted by molar-refractivity contribution is 6.30. The monoisotopic (exact) mass is 266 g/mol. The number of rotatable bonds is 4. The molecule has 2 atom stereocenters. The Balaban J connectivity index is 1.92. The lowest BCUT2D eigenvalue weighted by molar-refractivity contribution is -0.141. The van der Waals surface area contributed by atoms with Crippen molar-refractivity contribution in [3.63, 3.8) is 0 Å². The number of benzene rings is 1. The van der Waals surface area contributed by atoms with Crippen molar-refractivity contribution in [2.45, 2.75) is 25.7 Å². The predicted molar refractivity (Wildman–Crippen MR) is 68.9 cm³/mol. The maximum Gasteiger partial charge on any atom is 0.306 e. The van der Waals surface area contributed by atoms with E-state index in [2.05, 4.69) is 0 Å². The summed E-state index contributed by atoms with van der Waals surface area (Å²) in [5, 5.41) is 9.52. The standard InChI is InChI=1S/C14H15ClO3/c15-12-5-3-10(4-6-12)13(16)8-9-1-2-11(7-9)14(17)18/h3-6,9,11H,1-2,7-8H2,(H,17,18)/t9-,11+/m1/s1. The summed E-state index contributed by atoms with van der Waals surface area (Å²) in [5.41, 5.74) is 0.651. The molecule has 1 aromatic carbocycles. The molecule has 18 heavy (non-hydrogen) atoms. The van der Waals surface area contributed by atoms with E-state index in [4.69, 9.17) is 16.7 Å². The largest absolute Gasteiger partial charge is 0.481 e. The summed E-state index contributed by atoms with van der Waals surface area (Å²) in [7, 11) is 0. The van der Waals surface area contributed by atoms with Gasteiger partial charge in [-0.05, 0) is 49.4 Å². The van der Waals surface area contributed by atoms with E-state index in [9.17, 15) is 9.59 Å². The fourth-order valence-corrected chi connectivity index (χ4v) is 2.63. The van der Waals surface area contributed by atoms with E-state index in [0.717, 1.165) is 6.42 Å². The van der Waals surface area contributed by atoms with Gasteiger partial charge in [0.15, 0.2) is 5.78 Å². The summed E-state index contributed by atoms with van der Waals surface area (Å²) in [6, 6.07) is 6.83. The van der Waals surface area contributed by atoms with E-state index < -0.39 is 5.97 Å². The van der Waals surface area contributed by atoms with Gasteiger partial charge in [-0.15, -0.1) is 0 Å². The zero-order chi connectivity index (χ0) is 13.1. The minimum absolute atomic E-state index is 0.0719. The highest BCUT2D eigenvalue weighted by atomic mass is 35.5. The summed E-state index contributed by atoms with van der Waals surface area (Å²) in [4.78, 5) is 22.8. The molecule has 0 radical (unpaired) electrons. The molecule has 1 aromatic rings. The lowest BCUT2D eigenvalue weighted by atomic mass is 9.96. The van der Waals surface area contributed by atoms with Gasteiger partial charge in [0.25, 0.3) is 0 Å². The predicted octanol–water partition coefficient (Wildman–Crippen LogP) is 3.41. The van der Waals surface area contributed by atoms with Gasteiger partial charge in [0.05, 0.1) is 5.92 Å². The van der Waals surface area contributed by atoms with Gasteiger partial charge in [0.2, 0.25) is 0 Å². The van der Waals surface area contributed by atoms with Crippen molar-refractivity contribution in [3.8, 4) is 0 Å². The molecule has 96 valence electrons. The summed E-state index contributed by atoms with van der Waals surface area (Å²) in [6.07, 6.45) is 2.57. The maximum atomic E-state index is 12.0. The Labute approximate surface area is 111 Å². The summed E-state index contributed by atoms with van der Waals surface area (Å²) >= 11 is 5.76. The molecule has 0 unspecified atom stereocenters. The highest BCUT2D eigenvalue weighted by Crippen LogP contribution is 2.34. The van der Waals surface area contributed by atoms with Crippen molar-refractivity contribution in [2.75, 3.05) is 0 Å². The smallest absolute Gasteiger partial charge is 0.306 e. The van der Waals surface area contributed by atoms with Crippen LogP contribution in [0.3, 0.4) is 0 Å². The lowest BCUT2D eigenvalue weighted by Gasteiger charge is -2.08. The number of Topliss-reactive ketones (excluding diaryl/α,β-unsaturated/α-hetero) is 1. The first-order valence-corrected chi connectivity index (χ1v) is 6.45. The van der Waals surface area contributed by atoms with Crippen molar-refractivity contribution in [1.29, 1.82) is 0 Å². The Kier molecular flexibility index (Phi) is 4.02. The van der Waals surface area contributed by atoms with Crippen LogP contribution in [-0.2, 0) is 4.79 Å². The Morgan fingerprint density at radius 3 is 2.44 bits per heavy atom. The van der Waals surface area contributed by atoms with Crippen LogP contribution in [0.5, 0.6) is 0 Å². The van der Waals surface area contributed by atoms with Crippen LogP contribution in [0, 0.1) is 11.8 Å². The molecule has 1 aliphatic carbocycles. The average Bonchev–Trinajstić information content (AvgIpc) is 2.78. The third-order valence-corrected chi connectivity index (χ3v) is 3.78. The number of ketones is 1. The molecule has 3 nitrogen and oxygen atoms in total. The van der Waals surface area contributed by atoms with Crippen molar-refractivity contribution < 1.29 is 14.7 Å². The molecule has 0 aliphatic heterocycles. The first-order chi connectivity index (χ1) is 8.56. The van der Waals surface area contributed by atoms with Gasteiger partial charge in [0.1, 0.15) is 0 Å². The Morgan fingerprint density at radius 2 is 1.89 bits per heavy atom. The molecule has 0 heterocycles. The zero-order valence-electron chi connectivity index (χ0n) is 9.93. The molecule has 1 N–H and O–H groups in total. The van der Waals surface area contributed by atoms with Gasteiger partial charge in [-0.25, -0.2) is 0 Å². The van der Waals surface area contributed by atoms with Crippen LogP contribution < -0.4 is 0 Å². The van der Waals surface area contributed by atoms with E-state index in [-0.39, 0.29) is 17.6 Å². The maximum absolute atomic E-state index is 12.0. The van der Waals surface area contributed by atoms with Crippen molar-refractivity contribution in [3.05, 3.63) is 34.9 Å². The average molecular weight is 267 g/mol. The molecule has 0 spiro atoms. The molecule has 0 bridgehead atoms. The van der Waals surface area contributed by atoms with Crippen LogP contribution >= 0.6 is 11.6 Å². The second-order valence-corrected chi connectivity index (χ2v) is 5.28. The SMILES string of the molecule is O=C(C[C@@H]1CC[C@H](C(=O)O)C1)c1ccc(Cl)cc1. The Hall–Kier alpha value is -1.35. The number of aliphatic carboxylic acids is 1. The first kappa shape index (κ1) is 13.1. The van der Waals surface area contributed by atoms with E-state index >= 15 is 0 Å². The Morgan fingerprint density at radius 1 is 1.22 bits per heavy atom. The minimum atomic E-state index is -0.739. The van der Waals surface area contributed by atoms with Gasteiger partial charge in [-0.3, -0.25) is 9.59 Å². The van der Waals surface area contributed by atoms with Crippen LogP contribution in [0.25, 0.3) is 0 Å². The first-order valence-electron chi connectivity index (χ1n) is 6.08. The van der Waals surface area contributed by atoms with Crippen molar-refractivity contribution >= 4 is 23.4 Å². The van der Waals surface area contributed by atoms with Crippen LogP contribution in [0.15, 0.2) is 24.3 Å². The Bertz CT molecular complexity index is 453. The number of carboxylic acids is 1. The number of carboxylic acid groups (broad SMARTS) is 1. The summed E-state index contributed by atoms with van der Waals surface area (Å²) < 4.78 is 0. The number of hydrogen-bond donors (Lipinski definition) is 1. The molecular weight excluding hydrogens is 252 g/mol. The molecule has 0 aromatic heterocycles. The second-order valence-electron chi connectivity index (χ2n) is 4.85. The molecule has 0 saturated heterocycles. The number of carbonyl (C=O) groups is 2. The summed E-state index contributed by atoms with van der Waals surface area (Å²) in [6.45, 7) is 0. The zero-order valence-corrected chi connectivity index (χ0v) is 10.7. The fourth-order valence-electron chi connectivity index (χ4n) is 2.50. The van der Waals surface area contributed by atoms with Gasteiger partial charge in [-0.1, -0.05) is 11.6 Å². The molecular formula is C14H15ClO3. The number of carbonyl (C=O) groups excluding carboxylic acids is 1. The molecule has 0 amide bonds. The topological polar surface area (TPSA) is 54.4 Å². The fraction of sp³-hybridized carbons (Fsp3) is 0.429. The normalized spacial score (nSPS) is 22.9. The van der Waals surface area contributed by atoms with Crippen LogP contribution in [0.4, 0.5) is 0 Å². The van der Waals surface area contributed by atoms with Crippen molar-refractivity contribution in [2.24, 2.45) is 11.8 Å². The van der Waals surface area contributed by atoms with Crippen LogP contribution in [0.2, 0.25) is 5.02 Å². The van der Waals surface area contributed by atoms with E-state index in [1.54, 1.807) is 24.3 Å². The quantitative estimate of drug-likeness (QED) is 0.850. The van der Waals surface area contributed by atoms with E-state index in [1.807, 2.05) is 0 Å². The molecule has 1 fully saturated rings. The van der Waals surface area contributed by atoms with Gasteiger partial charge >= 0.3 is 5.97 Å². The third kappa shape index (κ3) is 3.10. The molecule has 1 aliphatic rings. The van der Waals surface area contributed by atoms with Crippen LogP contribution in [-0.4, -0.2) is 16.9 Å². The lowest BCUT2D eigenvalue weighted by Crippen LogP contribution is -2.11. The van der Waals surface area contributed by atoms with E-state index in [1.165, 1.54) is 0 Å². The molecule has 2 rings (SSSR count). The van der Waals surface area contributed by atoms with E-state index in [0.29, 0.717) is 29.8 Å². The van der Waals surface area contributed by atoms with Crippen LogP contribution in [0.1, 0.15) is 36.0 Å². The highest BCUT2D eigenvalue weighted by Gasteiger charge is 2.30. The van der Waals surface area contributed by atoms with Crippen molar-refractivity contribution in [1.82, 2.24) is 0 Å². The van der Waals surface area contributed by atoms with Gasteiger partial charge in [-0.2, -0.15) is 0 Å². The minimum Gasteiger partial charge on any atom is -0.481 e. The second kappa shape index (κ2) is 5.53. The van der Waals surface area contributed by atoms with Gasteiger partial charge in [0, 0.05) is 17.0 Å². The molecule has 4 heteroatoms. The van der Waals surface area contributed by atoms with Gasteiger partial charge < -0.3 is 5.11 Å². The summed E-state index contributed by atoms with van der Waals surface area (Å²) in [5.74, 6) is -0.735. The third-order valence-electron chi connectivity index (χ3n) is 3.53. The molecule has 1 saturated carbocycles. The number of hydrogen-bond acceptors (Lipinski definition) is 2.